The van der Waals surface area contributed by atoms with Gasteiger partial charge < -0.3 is 15.4 Å². The summed E-state index contributed by atoms with van der Waals surface area (Å²) in [6.45, 7) is 6.93. The van der Waals surface area contributed by atoms with Gasteiger partial charge in [-0.2, -0.15) is 13.2 Å². The zero-order chi connectivity index (χ0) is 17.3. The summed E-state index contributed by atoms with van der Waals surface area (Å²) in [5.74, 6) is 0.192. The van der Waals surface area contributed by atoms with Gasteiger partial charge in [-0.05, 0) is 32.4 Å². The lowest BCUT2D eigenvalue weighted by Gasteiger charge is -2.16. The monoisotopic (exact) mass is 332 g/mol. The molecule has 1 aromatic rings. The van der Waals surface area contributed by atoms with Gasteiger partial charge in [0.05, 0.1) is 6.54 Å². The van der Waals surface area contributed by atoms with Crippen LogP contribution in [-0.2, 0) is 6.18 Å². The maximum absolute atomic E-state index is 12.8. The van der Waals surface area contributed by atoms with Gasteiger partial charge in [0.2, 0.25) is 5.88 Å². The van der Waals surface area contributed by atoms with E-state index in [-0.39, 0.29) is 19.2 Å². The molecule has 0 aliphatic carbocycles. The summed E-state index contributed by atoms with van der Waals surface area (Å²) < 4.78 is 43.5. The SMILES string of the molecule is CCNC(=NCCOc1ncccc1C(F)(F)F)NC(C)CC. The van der Waals surface area contributed by atoms with E-state index >= 15 is 0 Å². The van der Waals surface area contributed by atoms with Crippen LogP contribution < -0.4 is 15.4 Å². The Morgan fingerprint density at radius 3 is 2.74 bits per heavy atom. The molecule has 0 amide bonds. The van der Waals surface area contributed by atoms with E-state index in [0.29, 0.717) is 12.5 Å². The molecule has 1 heterocycles. The van der Waals surface area contributed by atoms with Gasteiger partial charge in [-0.25, -0.2) is 9.98 Å². The van der Waals surface area contributed by atoms with Gasteiger partial charge in [0.25, 0.3) is 0 Å². The second-order valence-electron chi connectivity index (χ2n) is 4.92. The van der Waals surface area contributed by atoms with Crippen molar-refractivity contribution in [1.29, 1.82) is 0 Å². The molecule has 0 saturated carbocycles. The van der Waals surface area contributed by atoms with Gasteiger partial charge in [-0.15, -0.1) is 0 Å². The van der Waals surface area contributed by atoms with Crippen LogP contribution in [0.15, 0.2) is 23.3 Å². The molecular weight excluding hydrogens is 309 g/mol. The van der Waals surface area contributed by atoms with Gasteiger partial charge in [0.1, 0.15) is 12.2 Å². The van der Waals surface area contributed by atoms with Crippen LogP contribution in [0.25, 0.3) is 0 Å². The summed E-state index contributed by atoms with van der Waals surface area (Å²) in [6.07, 6.45) is -2.29. The number of guanidine groups is 1. The second kappa shape index (κ2) is 9.22. The van der Waals surface area contributed by atoms with Gasteiger partial charge >= 0.3 is 6.18 Å². The normalized spacial score (nSPS) is 13.6. The van der Waals surface area contributed by atoms with E-state index in [0.717, 1.165) is 12.5 Å². The molecule has 0 bridgehead atoms. The van der Waals surface area contributed by atoms with E-state index < -0.39 is 17.6 Å². The molecule has 0 aromatic carbocycles. The first kappa shape index (κ1) is 19.1. The Labute approximate surface area is 134 Å². The number of aromatic nitrogens is 1. The highest BCUT2D eigenvalue weighted by Crippen LogP contribution is 2.34. The number of aliphatic imine (C=N–C) groups is 1. The van der Waals surface area contributed by atoms with Gasteiger partial charge in [-0.3, -0.25) is 0 Å². The number of ether oxygens (including phenoxy) is 1. The molecule has 0 saturated heterocycles. The Kier molecular flexibility index (Phi) is 7.64. The zero-order valence-corrected chi connectivity index (χ0v) is 13.6. The topological polar surface area (TPSA) is 58.5 Å². The first-order chi connectivity index (χ1) is 10.9. The standard InChI is InChI=1S/C15H23F3N4O/c1-4-11(3)22-14(19-5-2)21-9-10-23-13-12(15(16,17)18)7-6-8-20-13/h6-8,11H,4-5,9-10H2,1-3H3,(H2,19,21,22). The van der Waals surface area contributed by atoms with Gasteiger partial charge in [-0.1, -0.05) is 6.92 Å². The average molecular weight is 332 g/mol. The van der Waals surface area contributed by atoms with E-state index in [4.69, 9.17) is 4.74 Å². The van der Waals surface area contributed by atoms with Crippen LogP contribution in [-0.4, -0.2) is 36.7 Å². The van der Waals surface area contributed by atoms with Crippen LogP contribution in [0.2, 0.25) is 0 Å². The molecule has 1 rings (SSSR count). The molecule has 1 atom stereocenters. The van der Waals surface area contributed by atoms with Crippen molar-refractivity contribution in [2.45, 2.75) is 39.4 Å². The summed E-state index contributed by atoms with van der Waals surface area (Å²) in [5.41, 5.74) is -0.881. The fourth-order valence-corrected chi connectivity index (χ4v) is 1.68. The van der Waals surface area contributed by atoms with Crippen molar-refractivity contribution in [1.82, 2.24) is 15.6 Å². The largest absolute Gasteiger partial charge is 0.475 e. The van der Waals surface area contributed by atoms with Crippen molar-refractivity contribution in [2.24, 2.45) is 4.99 Å². The summed E-state index contributed by atoms with van der Waals surface area (Å²) in [6, 6.07) is 2.43. The highest BCUT2D eigenvalue weighted by molar-refractivity contribution is 5.80. The minimum Gasteiger partial charge on any atom is -0.475 e. The van der Waals surface area contributed by atoms with Crippen molar-refractivity contribution in [2.75, 3.05) is 19.7 Å². The minimum atomic E-state index is -4.49. The smallest absolute Gasteiger partial charge is 0.421 e. The number of pyridine rings is 1. The predicted octanol–water partition coefficient (Wildman–Crippen LogP) is 2.83. The third kappa shape index (κ3) is 6.75. The molecule has 0 aliphatic rings. The maximum atomic E-state index is 12.8. The van der Waals surface area contributed by atoms with Crippen molar-refractivity contribution >= 4 is 5.96 Å². The molecule has 1 aromatic heterocycles. The van der Waals surface area contributed by atoms with Gasteiger partial charge in [0, 0.05) is 18.8 Å². The van der Waals surface area contributed by atoms with Crippen molar-refractivity contribution < 1.29 is 17.9 Å². The number of hydrogen-bond donors (Lipinski definition) is 2. The van der Waals surface area contributed by atoms with E-state index in [1.54, 1.807) is 0 Å². The lowest BCUT2D eigenvalue weighted by molar-refractivity contribution is -0.139. The number of nitrogens with one attached hydrogen (secondary N) is 2. The summed E-state index contributed by atoms with van der Waals surface area (Å²) >= 11 is 0. The summed E-state index contributed by atoms with van der Waals surface area (Å²) in [5, 5.41) is 6.26. The average Bonchev–Trinajstić information content (AvgIpc) is 2.51. The predicted molar refractivity (Wildman–Crippen MR) is 83.6 cm³/mol. The third-order valence-corrected chi connectivity index (χ3v) is 3.02. The number of rotatable bonds is 7. The van der Waals surface area contributed by atoms with Crippen LogP contribution in [0.5, 0.6) is 5.88 Å². The summed E-state index contributed by atoms with van der Waals surface area (Å²) in [4.78, 5) is 7.91. The van der Waals surface area contributed by atoms with Gasteiger partial charge in [0.15, 0.2) is 5.96 Å². The Morgan fingerprint density at radius 2 is 2.13 bits per heavy atom. The van der Waals surface area contributed by atoms with E-state index in [1.165, 1.54) is 12.3 Å². The lowest BCUT2D eigenvalue weighted by atomic mass is 10.2. The minimum absolute atomic E-state index is 0.0111. The Bertz CT molecular complexity index is 506. The van der Waals surface area contributed by atoms with Crippen LogP contribution in [0.1, 0.15) is 32.8 Å². The van der Waals surface area contributed by atoms with E-state index in [2.05, 4.69) is 20.6 Å². The number of nitrogens with zero attached hydrogens (tertiary/aromatic N) is 2. The molecule has 23 heavy (non-hydrogen) atoms. The maximum Gasteiger partial charge on any atom is 0.421 e. The van der Waals surface area contributed by atoms with Crippen LogP contribution in [0.3, 0.4) is 0 Å². The first-order valence-electron chi connectivity index (χ1n) is 7.58. The number of alkyl halides is 3. The van der Waals surface area contributed by atoms with Crippen LogP contribution in [0, 0.1) is 0 Å². The fourth-order valence-electron chi connectivity index (χ4n) is 1.68. The fraction of sp³-hybridized carbons (Fsp3) is 0.600. The van der Waals surface area contributed by atoms with E-state index in [1.807, 2.05) is 20.8 Å². The van der Waals surface area contributed by atoms with Crippen molar-refractivity contribution in [3.05, 3.63) is 23.9 Å². The zero-order valence-electron chi connectivity index (χ0n) is 13.6. The molecule has 1 unspecified atom stereocenters. The highest BCUT2D eigenvalue weighted by atomic mass is 19.4. The third-order valence-electron chi connectivity index (χ3n) is 3.02. The van der Waals surface area contributed by atoms with Crippen molar-refractivity contribution in [3.8, 4) is 5.88 Å². The van der Waals surface area contributed by atoms with E-state index in [9.17, 15) is 13.2 Å². The van der Waals surface area contributed by atoms with Crippen molar-refractivity contribution in [3.63, 3.8) is 0 Å². The first-order valence-corrected chi connectivity index (χ1v) is 7.58. The number of halogens is 3. The molecular formula is C15H23F3N4O. The Hall–Kier alpha value is -1.99. The van der Waals surface area contributed by atoms with Crippen LogP contribution in [0.4, 0.5) is 13.2 Å². The Morgan fingerprint density at radius 1 is 1.39 bits per heavy atom. The summed E-state index contributed by atoms with van der Waals surface area (Å²) in [7, 11) is 0. The second-order valence-corrected chi connectivity index (χ2v) is 4.92. The molecule has 0 aliphatic heterocycles. The molecule has 0 fully saturated rings. The molecule has 0 spiro atoms. The molecule has 8 heteroatoms. The Balaban J connectivity index is 2.60. The molecule has 2 N–H and O–H groups in total. The molecule has 5 nitrogen and oxygen atoms in total. The lowest BCUT2D eigenvalue weighted by Crippen LogP contribution is -2.42. The quantitative estimate of drug-likeness (QED) is 0.458. The molecule has 0 radical (unpaired) electrons. The number of hydrogen-bond acceptors (Lipinski definition) is 3. The highest BCUT2D eigenvalue weighted by Gasteiger charge is 2.34. The van der Waals surface area contributed by atoms with Crippen LogP contribution >= 0.6 is 0 Å². The molecule has 130 valence electrons.